The highest BCUT2D eigenvalue weighted by Gasteiger charge is 2.10. The third kappa shape index (κ3) is 5.53. The highest BCUT2D eigenvalue weighted by molar-refractivity contribution is 5.93. The van der Waals surface area contributed by atoms with Gasteiger partial charge >= 0.3 is 5.97 Å². The normalized spacial score (nSPS) is 10.0. The molecule has 0 atom stereocenters. The lowest BCUT2D eigenvalue weighted by Crippen LogP contribution is -2.21. The van der Waals surface area contributed by atoms with E-state index in [9.17, 15) is 9.59 Å². The minimum Gasteiger partial charge on any atom is -0.493 e. The van der Waals surface area contributed by atoms with Gasteiger partial charge in [-0.25, -0.2) is 0 Å². The molecule has 6 nitrogen and oxygen atoms in total. The van der Waals surface area contributed by atoms with Gasteiger partial charge in [0.1, 0.15) is 0 Å². The van der Waals surface area contributed by atoms with Crippen LogP contribution in [0, 0.1) is 6.92 Å². The van der Waals surface area contributed by atoms with Crippen molar-refractivity contribution in [3.63, 3.8) is 0 Å². The summed E-state index contributed by atoms with van der Waals surface area (Å²) >= 11 is 0. The lowest BCUT2D eigenvalue weighted by atomic mass is 10.1. The van der Waals surface area contributed by atoms with E-state index in [2.05, 4.69) is 5.32 Å². The van der Waals surface area contributed by atoms with Crippen molar-refractivity contribution in [2.24, 2.45) is 0 Å². The summed E-state index contributed by atoms with van der Waals surface area (Å²) in [5.74, 6) is 0.178. The quantitative estimate of drug-likeness (QED) is 0.783. The van der Waals surface area contributed by atoms with E-state index in [1.54, 1.807) is 18.2 Å². The van der Waals surface area contributed by atoms with Gasteiger partial charge in [0.2, 0.25) is 0 Å². The summed E-state index contributed by atoms with van der Waals surface area (Å²) in [7, 11) is 3.04. The van der Waals surface area contributed by atoms with E-state index in [0.717, 1.165) is 11.1 Å². The number of hydrogen-bond acceptors (Lipinski definition) is 5. The summed E-state index contributed by atoms with van der Waals surface area (Å²) in [5, 5.41) is 2.64. The van der Waals surface area contributed by atoms with Crippen molar-refractivity contribution in [2.75, 3.05) is 26.1 Å². The molecule has 0 aliphatic rings. The van der Waals surface area contributed by atoms with Crippen LogP contribution >= 0.6 is 0 Å². The molecule has 1 amide bonds. The molecule has 6 heteroatoms. The van der Waals surface area contributed by atoms with Gasteiger partial charge in [0, 0.05) is 11.8 Å². The van der Waals surface area contributed by atoms with Gasteiger partial charge in [-0.05, 0) is 24.6 Å². The number of aryl methyl sites for hydroxylation is 1. The number of nitrogens with one attached hydrogen (secondary N) is 1. The zero-order valence-corrected chi connectivity index (χ0v) is 14.5. The highest BCUT2D eigenvalue weighted by atomic mass is 16.5. The Bertz CT molecular complexity index is 740. The van der Waals surface area contributed by atoms with Crippen molar-refractivity contribution in [3.05, 3.63) is 53.6 Å². The van der Waals surface area contributed by atoms with E-state index in [-0.39, 0.29) is 13.0 Å². The molecule has 132 valence electrons. The molecule has 2 rings (SSSR count). The van der Waals surface area contributed by atoms with Crippen LogP contribution in [0.4, 0.5) is 5.69 Å². The number of ether oxygens (including phenoxy) is 3. The first kappa shape index (κ1) is 18.3. The topological polar surface area (TPSA) is 73.9 Å². The second kappa shape index (κ2) is 8.73. The molecule has 2 aromatic carbocycles. The van der Waals surface area contributed by atoms with Crippen LogP contribution in [0.5, 0.6) is 11.5 Å². The van der Waals surface area contributed by atoms with Gasteiger partial charge in [0.25, 0.3) is 5.91 Å². The van der Waals surface area contributed by atoms with Crippen molar-refractivity contribution in [2.45, 2.75) is 13.3 Å². The van der Waals surface area contributed by atoms with Crippen molar-refractivity contribution >= 4 is 17.6 Å². The third-order valence-corrected chi connectivity index (χ3v) is 3.50. The van der Waals surface area contributed by atoms with Crippen LogP contribution in [0.1, 0.15) is 11.1 Å². The number of hydrogen-bond donors (Lipinski definition) is 1. The first-order chi connectivity index (χ1) is 12.0. The molecular weight excluding hydrogens is 322 g/mol. The maximum absolute atomic E-state index is 11.9. The molecule has 0 saturated carbocycles. The Morgan fingerprint density at radius 1 is 0.960 bits per heavy atom. The number of esters is 1. The molecule has 25 heavy (non-hydrogen) atoms. The minimum atomic E-state index is -0.452. The molecule has 0 radical (unpaired) electrons. The molecule has 2 aromatic rings. The fraction of sp³-hybridized carbons (Fsp3) is 0.263. The number of anilines is 1. The summed E-state index contributed by atoms with van der Waals surface area (Å²) in [6.07, 6.45) is 0.129. The monoisotopic (exact) mass is 343 g/mol. The van der Waals surface area contributed by atoms with Crippen molar-refractivity contribution in [3.8, 4) is 11.5 Å². The lowest BCUT2D eigenvalue weighted by molar-refractivity contribution is -0.146. The van der Waals surface area contributed by atoms with E-state index >= 15 is 0 Å². The largest absolute Gasteiger partial charge is 0.493 e. The van der Waals surface area contributed by atoms with Crippen LogP contribution in [0.2, 0.25) is 0 Å². The summed E-state index contributed by atoms with van der Waals surface area (Å²) in [5.41, 5.74) is 2.49. The average molecular weight is 343 g/mol. The zero-order chi connectivity index (χ0) is 18.2. The van der Waals surface area contributed by atoms with Crippen LogP contribution in [-0.2, 0) is 20.7 Å². The van der Waals surface area contributed by atoms with E-state index in [4.69, 9.17) is 14.2 Å². The average Bonchev–Trinajstić information content (AvgIpc) is 2.62. The third-order valence-electron chi connectivity index (χ3n) is 3.50. The standard InChI is InChI=1S/C19H21NO5/c1-13-4-6-14(7-5-13)10-19(22)25-12-18(21)20-15-8-9-16(23-2)17(11-15)24-3/h4-9,11H,10,12H2,1-3H3,(H,20,21). The first-order valence-corrected chi connectivity index (χ1v) is 7.75. The Hall–Kier alpha value is -3.02. The molecule has 0 aromatic heterocycles. The van der Waals surface area contributed by atoms with Gasteiger partial charge in [-0.15, -0.1) is 0 Å². The van der Waals surface area contributed by atoms with E-state index in [1.807, 2.05) is 31.2 Å². The SMILES string of the molecule is COc1ccc(NC(=O)COC(=O)Cc2ccc(C)cc2)cc1OC. The van der Waals surface area contributed by atoms with E-state index in [0.29, 0.717) is 17.2 Å². The molecule has 0 bridgehead atoms. The Kier molecular flexibility index (Phi) is 6.39. The van der Waals surface area contributed by atoms with Crippen LogP contribution in [0.25, 0.3) is 0 Å². The van der Waals surface area contributed by atoms with Gasteiger partial charge in [-0.3, -0.25) is 9.59 Å². The Morgan fingerprint density at radius 2 is 1.64 bits per heavy atom. The zero-order valence-electron chi connectivity index (χ0n) is 14.5. The highest BCUT2D eigenvalue weighted by Crippen LogP contribution is 2.29. The predicted octanol–water partition coefficient (Wildman–Crippen LogP) is 2.74. The molecule has 0 fully saturated rings. The lowest BCUT2D eigenvalue weighted by Gasteiger charge is -2.11. The van der Waals surface area contributed by atoms with Gasteiger partial charge < -0.3 is 19.5 Å². The van der Waals surface area contributed by atoms with Gasteiger partial charge in [0.05, 0.1) is 20.6 Å². The molecular formula is C19H21NO5. The number of rotatable bonds is 7. The van der Waals surface area contributed by atoms with Crippen molar-refractivity contribution in [1.82, 2.24) is 0 Å². The Morgan fingerprint density at radius 3 is 2.28 bits per heavy atom. The van der Waals surface area contributed by atoms with Gasteiger partial charge in [-0.2, -0.15) is 0 Å². The molecule has 0 saturated heterocycles. The van der Waals surface area contributed by atoms with Crippen molar-refractivity contribution in [1.29, 1.82) is 0 Å². The smallest absolute Gasteiger partial charge is 0.310 e. The second-order valence-corrected chi connectivity index (χ2v) is 5.44. The van der Waals surface area contributed by atoms with Crippen LogP contribution < -0.4 is 14.8 Å². The molecule has 1 N–H and O–H groups in total. The van der Waals surface area contributed by atoms with Crippen LogP contribution in [0.15, 0.2) is 42.5 Å². The number of carbonyl (C=O) groups is 2. The Labute approximate surface area is 146 Å². The fourth-order valence-corrected chi connectivity index (χ4v) is 2.18. The summed E-state index contributed by atoms with van der Waals surface area (Å²) in [4.78, 5) is 23.7. The first-order valence-electron chi connectivity index (χ1n) is 7.75. The van der Waals surface area contributed by atoms with Gasteiger partial charge in [0.15, 0.2) is 18.1 Å². The Balaban J connectivity index is 1.84. The molecule has 0 unspecified atom stereocenters. The second-order valence-electron chi connectivity index (χ2n) is 5.44. The van der Waals surface area contributed by atoms with Crippen LogP contribution in [-0.4, -0.2) is 32.7 Å². The van der Waals surface area contributed by atoms with E-state index < -0.39 is 11.9 Å². The van der Waals surface area contributed by atoms with Gasteiger partial charge in [-0.1, -0.05) is 29.8 Å². The molecule has 0 aliphatic heterocycles. The number of methoxy groups -OCH3 is 2. The summed E-state index contributed by atoms with van der Waals surface area (Å²) in [6.45, 7) is 1.62. The maximum atomic E-state index is 11.9. The number of benzene rings is 2. The summed E-state index contributed by atoms with van der Waals surface area (Å²) < 4.78 is 15.3. The predicted molar refractivity (Wildman–Crippen MR) is 94.0 cm³/mol. The fourth-order valence-electron chi connectivity index (χ4n) is 2.18. The maximum Gasteiger partial charge on any atom is 0.310 e. The minimum absolute atomic E-state index is 0.129. The van der Waals surface area contributed by atoms with Crippen molar-refractivity contribution < 1.29 is 23.8 Å². The van der Waals surface area contributed by atoms with E-state index in [1.165, 1.54) is 14.2 Å². The number of carbonyl (C=O) groups excluding carboxylic acids is 2. The molecule has 0 heterocycles. The molecule has 0 spiro atoms. The summed E-state index contributed by atoms with van der Waals surface area (Å²) in [6, 6.07) is 12.6. The molecule has 0 aliphatic carbocycles. The van der Waals surface area contributed by atoms with Crippen LogP contribution in [0.3, 0.4) is 0 Å². The number of amides is 1.